The molecule has 0 amide bonds. The first-order valence-electron chi connectivity index (χ1n) is 11.0. The van der Waals surface area contributed by atoms with E-state index in [9.17, 15) is 9.59 Å². The zero-order valence-electron chi connectivity index (χ0n) is 19.4. The van der Waals surface area contributed by atoms with Crippen molar-refractivity contribution in [1.29, 1.82) is 0 Å². The first-order valence-corrected chi connectivity index (χ1v) is 11.0. The number of anilines is 1. The van der Waals surface area contributed by atoms with Gasteiger partial charge in [-0.15, -0.1) is 0 Å². The van der Waals surface area contributed by atoms with Gasteiger partial charge in [-0.2, -0.15) is 5.10 Å². The Bertz CT molecular complexity index is 1330. The number of carbonyl (C=O) groups is 1. The molecule has 4 rings (SSSR count). The number of pyridine rings is 1. The van der Waals surface area contributed by atoms with Gasteiger partial charge in [0.25, 0.3) is 5.56 Å². The number of ether oxygens (including phenoxy) is 1. The van der Waals surface area contributed by atoms with E-state index >= 15 is 0 Å². The summed E-state index contributed by atoms with van der Waals surface area (Å²) in [5, 5.41) is 8.22. The fourth-order valence-corrected chi connectivity index (χ4v) is 3.74. The number of nitrogens with one attached hydrogen (secondary N) is 1. The van der Waals surface area contributed by atoms with Gasteiger partial charge in [0.2, 0.25) is 0 Å². The zero-order valence-corrected chi connectivity index (χ0v) is 19.4. The van der Waals surface area contributed by atoms with Crippen molar-refractivity contribution >= 4 is 22.7 Å². The van der Waals surface area contributed by atoms with Gasteiger partial charge in [0.15, 0.2) is 5.82 Å². The summed E-state index contributed by atoms with van der Waals surface area (Å²) < 4.78 is 6.74. The van der Waals surface area contributed by atoms with Gasteiger partial charge in [0, 0.05) is 19.8 Å². The highest BCUT2D eigenvalue weighted by Gasteiger charge is 2.17. The lowest BCUT2D eigenvalue weighted by atomic mass is 10.0. The van der Waals surface area contributed by atoms with Crippen molar-refractivity contribution in [3.8, 4) is 0 Å². The second-order valence-corrected chi connectivity index (χ2v) is 8.22. The Morgan fingerprint density at radius 2 is 1.79 bits per heavy atom. The minimum Gasteiger partial charge on any atom is -0.457 e. The smallest absolute Gasteiger partial charge is 0.338 e. The molecule has 0 aliphatic carbocycles. The molecule has 1 unspecified atom stereocenters. The van der Waals surface area contributed by atoms with Crippen molar-refractivity contribution in [3.63, 3.8) is 0 Å². The fourth-order valence-electron chi connectivity index (χ4n) is 3.74. The van der Waals surface area contributed by atoms with Gasteiger partial charge in [0.1, 0.15) is 12.1 Å². The Labute approximate surface area is 197 Å². The summed E-state index contributed by atoms with van der Waals surface area (Å²) in [5.74, 6) is 0.188. The molecular weight excluding hydrogens is 430 g/mol. The summed E-state index contributed by atoms with van der Waals surface area (Å²) in [6.07, 6.45) is 1.65. The van der Waals surface area contributed by atoms with Crippen molar-refractivity contribution in [2.45, 2.75) is 12.6 Å². The Balaban J connectivity index is 1.47. The third kappa shape index (κ3) is 5.13. The lowest BCUT2D eigenvalue weighted by Crippen LogP contribution is -2.28. The Morgan fingerprint density at radius 1 is 1.06 bits per heavy atom. The first kappa shape index (κ1) is 23.1. The molecule has 0 saturated carbocycles. The van der Waals surface area contributed by atoms with Crippen LogP contribution in [0.5, 0.6) is 0 Å². The summed E-state index contributed by atoms with van der Waals surface area (Å²) in [5.41, 5.74) is 2.83. The van der Waals surface area contributed by atoms with Gasteiger partial charge in [-0.05, 0) is 49.5 Å². The molecule has 0 aliphatic rings. The van der Waals surface area contributed by atoms with Crippen LogP contribution in [0.2, 0.25) is 0 Å². The van der Waals surface area contributed by atoms with Crippen molar-refractivity contribution < 1.29 is 9.53 Å². The molecule has 34 heavy (non-hydrogen) atoms. The van der Waals surface area contributed by atoms with Gasteiger partial charge < -0.3 is 15.0 Å². The van der Waals surface area contributed by atoms with E-state index in [0.717, 1.165) is 11.1 Å². The number of benzene rings is 2. The van der Waals surface area contributed by atoms with Crippen molar-refractivity contribution in [1.82, 2.24) is 19.7 Å². The Hall–Kier alpha value is -4.04. The molecular formula is C26H27N5O3. The molecule has 0 fully saturated rings. The van der Waals surface area contributed by atoms with Crippen LogP contribution < -0.4 is 10.9 Å². The predicted octanol–water partition coefficient (Wildman–Crippen LogP) is 3.40. The highest BCUT2D eigenvalue weighted by Crippen LogP contribution is 2.22. The van der Waals surface area contributed by atoms with E-state index in [1.165, 1.54) is 4.68 Å². The van der Waals surface area contributed by atoms with Crippen LogP contribution in [0, 0.1) is 0 Å². The second-order valence-electron chi connectivity index (χ2n) is 8.22. The van der Waals surface area contributed by atoms with E-state index in [0.29, 0.717) is 28.8 Å². The van der Waals surface area contributed by atoms with Crippen LogP contribution in [-0.2, 0) is 18.4 Å². The number of hydrogen-bond donors (Lipinski definition) is 1. The maximum atomic E-state index is 12.4. The zero-order chi connectivity index (χ0) is 24.1. The average Bonchev–Trinajstić information content (AvgIpc) is 2.86. The number of esters is 1. The molecule has 4 aromatic rings. The van der Waals surface area contributed by atoms with Crippen molar-refractivity contribution in [2.24, 2.45) is 7.05 Å². The number of rotatable bonds is 8. The largest absolute Gasteiger partial charge is 0.457 e. The van der Waals surface area contributed by atoms with Crippen LogP contribution in [0.4, 0.5) is 5.82 Å². The molecule has 0 saturated heterocycles. The predicted molar refractivity (Wildman–Crippen MR) is 132 cm³/mol. The van der Waals surface area contributed by atoms with E-state index in [2.05, 4.69) is 20.3 Å². The number of hydrogen-bond acceptors (Lipinski definition) is 7. The Morgan fingerprint density at radius 3 is 2.50 bits per heavy atom. The second kappa shape index (κ2) is 10.3. The summed E-state index contributed by atoms with van der Waals surface area (Å²) >= 11 is 0. The molecule has 0 bridgehead atoms. The van der Waals surface area contributed by atoms with E-state index in [-0.39, 0.29) is 24.2 Å². The minimum absolute atomic E-state index is 0.00724. The topological polar surface area (TPSA) is 89.4 Å². The third-order valence-electron chi connectivity index (χ3n) is 5.64. The van der Waals surface area contributed by atoms with Crippen LogP contribution in [-0.4, -0.2) is 46.3 Å². The molecule has 8 heteroatoms. The van der Waals surface area contributed by atoms with Gasteiger partial charge in [-0.1, -0.05) is 42.5 Å². The van der Waals surface area contributed by atoms with E-state index < -0.39 is 0 Å². The summed E-state index contributed by atoms with van der Waals surface area (Å²) in [6.45, 7) is 0.766. The molecule has 0 aliphatic heterocycles. The third-order valence-corrected chi connectivity index (χ3v) is 5.64. The SMILES string of the molecule is CN(C)C(CNc1nn(C)c(=O)c2cccnc12)c1ccc(C(=O)OCc2ccccc2)cc1. The standard InChI is InChI=1S/C26H27N5O3/c1-30(2)22(16-28-24-23-21(10-7-15-27-23)25(32)31(3)29-24)19-11-13-20(14-12-19)26(33)34-17-18-8-5-4-6-9-18/h4-15,22H,16-17H2,1-3H3,(H,28,29). The normalized spacial score (nSPS) is 12.0. The van der Waals surface area contributed by atoms with Gasteiger partial charge in [-0.25, -0.2) is 9.48 Å². The van der Waals surface area contributed by atoms with Gasteiger partial charge in [-0.3, -0.25) is 9.78 Å². The minimum atomic E-state index is -0.359. The monoisotopic (exact) mass is 457 g/mol. The van der Waals surface area contributed by atoms with Crippen LogP contribution >= 0.6 is 0 Å². The van der Waals surface area contributed by atoms with E-state index in [1.54, 1.807) is 37.5 Å². The van der Waals surface area contributed by atoms with Crippen LogP contribution in [0.3, 0.4) is 0 Å². The fraction of sp³-hybridized carbons (Fsp3) is 0.231. The maximum absolute atomic E-state index is 12.4. The highest BCUT2D eigenvalue weighted by atomic mass is 16.5. The molecule has 1 atom stereocenters. The number of aromatic nitrogens is 3. The number of likely N-dealkylation sites (N-methyl/N-ethyl adjacent to an activating group) is 1. The van der Waals surface area contributed by atoms with Gasteiger partial charge in [0.05, 0.1) is 17.0 Å². The van der Waals surface area contributed by atoms with Crippen LogP contribution in [0.15, 0.2) is 77.7 Å². The number of aryl methyl sites for hydroxylation is 1. The number of nitrogens with zero attached hydrogens (tertiary/aromatic N) is 4. The first-order chi connectivity index (χ1) is 16.4. The average molecular weight is 458 g/mol. The molecule has 2 heterocycles. The molecule has 0 spiro atoms. The van der Waals surface area contributed by atoms with E-state index in [1.807, 2.05) is 56.6 Å². The maximum Gasteiger partial charge on any atom is 0.338 e. The number of fused-ring (bicyclic) bond motifs is 1. The quantitative estimate of drug-likeness (QED) is 0.406. The Kier molecular flexibility index (Phi) is 6.98. The summed E-state index contributed by atoms with van der Waals surface area (Å²) in [4.78, 5) is 31.2. The molecule has 1 N–H and O–H groups in total. The van der Waals surface area contributed by atoms with Crippen LogP contribution in [0.25, 0.3) is 10.9 Å². The lowest BCUT2D eigenvalue weighted by Gasteiger charge is -2.25. The molecule has 2 aromatic heterocycles. The molecule has 2 aromatic carbocycles. The lowest BCUT2D eigenvalue weighted by molar-refractivity contribution is 0.0472. The molecule has 0 radical (unpaired) electrons. The molecule has 174 valence electrons. The van der Waals surface area contributed by atoms with Gasteiger partial charge >= 0.3 is 5.97 Å². The summed E-state index contributed by atoms with van der Waals surface area (Å²) in [7, 11) is 5.59. The van der Waals surface area contributed by atoms with E-state index in [4.69, 9.17) is 4.74 Å². The summed E-state index contributed by atoms with van der Waals surface area (Å²) in [6, 6.07) is 20.5. The van der Waals surface area contributed by atoms with Crippen molar-refractivity contribution in [3.05, 3.63) is 100.0 Å². The highest BCUT2D eigenvalue weighted by molar-refractivity contribution is 5.89. The molecule has 8 nitrogen and oxygen atoms in total. The number of carbonyl (C=O) groups excluding carboxylic acids is 1. The van der Waals surface area contributed by atoms with Crippen LogP contribution in [0.1, 0.15) is 27.5 Å². The van der Waals surface area contributed by atoms with Crippen molar-refractivity contribution in [2.75, 3.05) is 26.0 Å².